The van der Waals surface area contributed by atoms with Crippen LogP contribution in [0.2, 0.25) is 0 Å². The lowest BCUT2D eigenvalue weighted by molar-refractivity contribution is -0.122. The number of rotatable bonds is 7. The number of carbonyl (C=O) groups is 1. The maximum absolute atomic E-state index is 13.1. The van der Waals surface area contributed by atoms with Gasteiger partial charge in [0.05, 0.1) is 10.6 Å². The number of carbonyl (C=O) groups excluding carboxylic acids is 1. The predicted molar refractivity (Wildman–Crippen MR) is 139 cm³/mol. The fourth-order valence-corrected chi connectivity index (χ4v) is 5.27. The van der Waals surface area contributed by atoms with Crippen LogP contribution in [0.4, 0.5) is 0 Å². The van der Waals surface area contributed by atoms with Crippen molar-refractivity contribution in [3.05, 3.63) is 65.2 Å². The quantitative estimate of drug-likeness (QED) is 0.240. The summed E-state index contributed by atoms with van der Waals surface area (Å²) in [5.41, 5.74) is 3.43. The maximum Gasteiger partial charge on any atom is 0.266 e. The Kier molecular flexibility index (Phi) is 6.69. The molecular formula is C26H25N3O3S2. The zero-order valence-corrected chi connectivity index (χ0v) is 20.5. The van der Waals surface area contributed by atoms with E-state index in [1.165, 1.54) is 11.8 Å². The number of unbranched alkanes of at least 4 members (excludes halogenated alkanes) is 2. The molecule has 1 aromatic heterocycles. The summed E-state index contributed by atoms with van der Waals surface area (Å²) < 4.78 is 13.9. The van der Waals surface area contributed by atoms with Crippen molar-refractivity contribution in [2.24, 2.45) is 0 Å². The third kappa shape index (κ3) is 4.60. The molecular weight excluding hydrogens is 466 g/mol. The molecule has 2 aromatic carbocycles. The fraction of sp³-hybridized carbons (Fsp3) is 0.269. The van der Waals surface area contributed by atoms with Gasteiger partial charge in [0, 0.05) is 23.9 Å². The van der Waals surface area contributed by atoms with Crippen LogP contribution >= 0.6 is 24.0 Å². The number of fused-ring (bicyclic) bond motifs is 1. The smallest absolute Gasteiger partial charge is 0.266 e. The van der Waals surface area contributed by atoms with Crippen molar-refractivity contribution in [2.45, 2.75) is 26.2 Å². The van der Waals surface area contributed by atoms with Crippen molar-refractivity contribution >= 4 is 40.3 Å². The van der Waals surface area contributed by atoms with Gasteiger partial charge in [0.1, 0.15) is 23.2 Å². The predicted octanol–water partition coefficient (Wildman–Crippen LogP) is 5.70. The number of hydrogen-bond donors (Lipinski definition) is 0. The minimum absolute atomic E-state index is 0.0355. The highest BCUT2D eigenvalue weighted by Crippen LogP contribution is 2.38. The molecule has 0 N–H and O–H groups in total. The summed E-state index contributed by atoms with van der Waals surface area (Å²) in [5.74, 6) is 1.39. The average Bonchev–Trinajstić information content (AvgIpc) is 3.41. The first-order valence-corrected chi connectivity index (χ1v) is 12.7. The molecule has 0 spiro atoms. The molecule has 0 unspecified atom stereocenters. The minimum atomic E-state index is -0.0355. The molecule has 0 aliphatic carbocycles. The molecule has 8 heteroatoms. The molecule has 0 radical (unpaired) electrons. The van der Waals surface area contributed by atoms with E-state index in [0.29, 0.717) is 34.7 Å². The van der Waals surface area contributed by atoms with E-state index in [1.807, 2.05) is 65.5 Å². The lowest BCUT2D eigenvalue weighted by Crippen LogP contribution is -2.28. The highest BCUT2D eigenvalue weighted by molar-refractivity contribution is 8.26. The lowest BCUT2D eigenvalue weighted by atomic mass is 10.1. The van der Waals surface area contributed by atoms with Crippen molar-refractivity contribution in [1.82, 2.24) is 14.7 Å². The third-order valence-corrected chi connectivity index (χ3v) is 7.10. The number of ether oxygens (including phenoxy) is 2. The molecule has 0 atom stereocenters. The Morgan fingerprint density at radius 1 is 1.09 bits per heavy atom. The Morgan fingerprint density at radius 2 is 1.88 bits per heavy atom. The molecule has 174 valence electrons. The van der Waals surface area contributed by atoms with E-state index in [9.17, 15) is 4.79 Å². The van der Waals surface area contributed by atoms with Crippen LogP contribution in [0.25, 0.3) is 23.0 Å². The van der Waals surface area contributed by atoms with Gasteiger partial charge in [-0.15, -0.1) is 0 Å². The molecule has 1 fully saturated rings. The van der Waals surface area contributed by atoms with Gasteiger partial charge in [-0.3, -0.25) is 9.69 Å². The van der Waals surface area contributed by atoms with Gasteiger partial charge in [-0.25, -0.2) is 4.68 Å². The van der Waals surface area contributed by atoms with Crippen molar-refractivity contribution in [3.63, 3.8) is 0 Å². The largest absolute Gasteiger partial charge is 0.486 e. The number of para-hydroxylation sites is 1. The summed E-state index contributed by atoms with van der Waals surface area (Å²) in [5, 5.41) is 4.87. The Hall–Kier alpha value is -3.10. The number of nitrogens with zero attached hydrogens (tertiary/aromatic N) is 3. The van der Waals surface area contributed by atoms with E-state index in [-0.39, 0.29) is 5.91 Å². The average molecular weight is 492 g/mol. The molecule has 3 aromatic rings. The Balaban J connectivity index is 1.53. The summed E-state index contributed by atoms with van der Waals surface area (Å²) in [6, 6.07) is 15.7. The second-order valence-electron chi connectivity index (χ2n) is 8.11. The summed E-state index contributed by atoms with van der Waals surface area (Å²) in [6.07, 6.45) is 6.98. The number of thiocarbonyl (C=S) groups is 1. The molecule has 6 nitrogen and oxygen atoms in total. The lowest BCUT2D eigenvalue weighted by Gasteiger charge is -2.18. The molecule has 1 amide bonds. The first kappa shape index (κ1) is 22.7. The van der Waals surface area contributed by atoms with Gasteiger partial charge in [0.25, 0.3) is 5.91 Å². The highest BCUT2D eigenvalue weighted by Gasteiger charge is 2.32. The second-order valence-corrected chi connectivity index (χ2v) is 9.79. The van der Waals surface area contributed by atoms with Crippen LogP contribution in [0.3, 0.4) is 0 Å². The SMILES string of the molecule is CCCCCN1C(=O)/C(=C/c2cn(-c3ccccc3)nc2-c2ccc3c(c2)OCCO3)SC1=S. The van der Waals surface area contributed by atoms with Crippen molar-refractivity contribution < 1.29 is 14.3 Å². The number of thioether (sulfide) groups is 1. The standard InChI is InChI=1S/C26H25N3O3S2/c1-2-3-7-12-28-25(30)23(34-26(28)33)16-19-17-29(20-8-5-4-6-9-20)27-24(19)18-10-11-21-22(15-18)32-14-13-31-21/h4-6,8-11,15-17H,2-3,7,12-14H2,1H3/b23-16-. The monoisotopic (exact) mass is 491 g/mol. The second kappa shape index (κ2) is 10.0. The van der Waals surface area contributed by atoms with Gasteiger partial charge in [-0.05, 0) is 42.8 Å². The van der Waals surface area contributed by atoms with Crippen LogP contribution in [0.5, 0.6) is 11.5 Å². The number of benzene rings is 2. The summed E-state index contributed by atoms with van der Waals surface area (Å²) in [4.78, 5) is 15.4. The summed E-state index contributed by atoms with van der Waals surface area (Å²) >= 11 is 6.87. The summed E-state index contributed by atoms with van der Waals surface area (Å²) in [6.45, 7) is 3.87. The van der Waals surface area contributed by atoms with E-state index >= 15 is 0 Å². The van der Waals surface area contributed by atoms with E-state index in [4.69, 9.17) is 26.8 Å². The molecule has 0 saturated carbocycles. The third-order valence-electron chi connectivity index (χ3n) is 5.72. The van der Waals surface area contributed by atoms with Crippen LogP contribution in [-0.2, 0) is 4.79 Å². The Labute approximate surface area is 208 Å². The minimum Gasteiger partial charge on any atom is -0.486 e. The van der Waals surface area contributed by atoms with Crippen molar-refractivity contribution in [3.8, 4) is 28.4 Å². The zero-order valence-electron chi connectivity index (χ0n) is 18.9. The fourth-order valence-electron chi connectivity index (χ4n) is 3.97. The van der Waals surface area contributed by atoms with E-state index in [1.54, 1.807) is 4.90 Å². The van der Waals surface area contributed by atoms with Crippen LogP contribution < -0.4 is 9.47 Å². The van der Waals surface area contributed by atoms with Crippen LogP contribution in [0.1, 0.15) is 31.7 Å². The topological polar surface area (TPSA) is 56.6 Å². The van der Waals surface area contributed by atoms with Crippen molar-refractivity contribution in [2.75, 3.05) is 19.8 Å². The molecule has 1 saturated heterocycles. The van der Waals surface area contributed by atoms with E-state index in [0.717, 1.165) is 47.5 Å². The van der Waals surface area contributed by atoms with Gasteiger partial charge in [-0.2, -0.15) is 5.10 Å². The van der Waals surface area contributed by atoms with Gasteiger partial charge < -0.3 is 9.47 Å². The van der Waals surface area contributed by atoms with Gasteiger partial charge in [0.15, 0.2) is 11.5 Å². The van der Waals surface area contributed by atoms with Crippen molar-refractivity contribution in [1.29, 1.82) is 0 Å². The molecule has 0 bridgehead atoms. The van der Waals surface area contributed by atoms with Crippen LogP contribution in [-0.4, -0.2) is 44.7 Å². The number of hydrogen-bond acceptors (Lipinski definition) is 6. The summed E-state index contributed by atoms with van der Waals surface area (Å²) in [7, 11) is 0. The number of aromatic nitrogens is 2. The van der Waals surface area contributed by atoms with E-state index < -0.39 is 0 Å². The molecule has 2 aliphatic rings. The Bertz CT molecular complexity index is 1250. The Morgan fingerprint density at radius 3 is 2.68 bits per heavy atom. The van der Waals surface area contributed by atoms with Gasteiger partial charge in [-0.1, -0.05) is 61.9 Å². The first-order chi connectivity index (χ1) is 16.6. The normalized spacial score (nSPS) is 16.5. The molecule has 2 aliphatic heterocycles. The highest BCUT2D eigenvalue weighted by atomic mass is 32.2. The first-order valence-electron chi connectivity index (χ1n) is 11.4. The molecule has 3 heterocycles. The zero-order chi connectivity index (χ0) is 23.5. The van der Waals surface area contributed by atoms with Gasteiger partial charge in [0.2, 0.25) is 0 Å². The van der Waals surface area contributed by atoms with Crippen LogP contribution in [0, 0.1) is 0 Å². The maximum atomic E-state index is 13.1. The van der Waals surface area contributed by atoms with Gasteiger partial charge >= 0.3 is 0 Å². The van der Waals surface area contributed by atoms with E-state index in [2.05, 4.69) is 6.92 Å². The van der Waals surface area contributed by atoms with Crippen LogP contribution in [0.15, 0.2) is 59.6 Å². The molecule has 5 rings (SSSR count). The number of amides is 1. The molecule has 34 heavy (non-hydrogen) atoms.